The van der Waals surface area contributed by atoms with Gasteiger partial charge in [0.05, 0.1) is 6.54 Å². The van der Waals surface area contributed by atoms with Crippen LogP contribution in [0.5, 0.6) is 0 Å². The average molecular weight is 291 g/mol. The molecule has 2 saturated carbocycles. The van der Waals surface area contributed by atoms with E-state index in [0.29, 0.717) is 18.3 Å². The van der Waals surface area contributed by atoms with Gasteiger partial charge in [-0.1, -0.05) is 18.0 Å². The number of nitrogens with zero attached hydrogens (tertiary/aromatic N) is 2. The van der Waals surface area contributed by atoms with Crippen molar-refractivity contribution in [2.75, 3.05) is 18.4 Å². The van der Waals surface area contributed by atoms with Gasteiger partial charge in [-0.2, -0.15) is 0 Å². The van der Waals surface area contributed by atoms with Gasteiger partial charge < -0.3 is 14.7 Å². The largest absolute Gasteiger partial charge is 0.363 e. The molecule has 0 atom stereocenters. The number of nitrogens with one attached hydrogen (secondary N) is 1. The van der Waals surface area contributed by atoms with Crippen LogP contribution in [0.4, 0.5) is 5.82 Å². The molecule has 0 spiro atoms. The number of hydrogen-bond donors (Lipinski definition) is 1. The average Bonchev–Trinajstić information content (AvgIpc) is 2.96. The summed E-state index contributed by atoms with van der Waals surface area (Å²) in [5.74, 6) is 1.02. The molecule has 0 radical (unpaired) electrons. The van der Waals surface area contributed by atoms with Gasteiger partial charge in [0.25, 0.3) is 0 Å². The lowest BCUT2D eigenvalue weighted by atomic mass is 10.1. The van der Waals surface area contributed by atoms with E-state index in [-0.39, 0.29) is 24.3 Å². The minimum Gasteiger partial charge on any atom is -0.363 e. The van der Waals surface area contributed by atoms with Crippen molar-refractivity contribution < 1.29 is 14.1 Å². The van der Waals surface area contributed by atoms with Gasteiger partial charge in [0.15, 0.2) is 5.82 Å². The fraction of sp³-hybridized carbons (Fsp3) is 0.667. The van der Waals surface area contributed by atoms with E-state index in [0.717, 1.165) is 25.7 Å². The van der Waals surface area contributed by atoms with Crippen molar-refractivity contribution in [3.8, 4) is 0 Å². The zero-order valence-electron chi connectivity index (χ0n) is 12.1. The van der Waals surface area contributed by atoms with Crippen LogP contribution < -0.4 is 5.32 Å². The van der Waals surface area contributed by atoms with E-state index in [1.807, 2.05) is 0 Å². The highest BCUT2D eigenvalue weighted by atomic mass is 16.5. The zero-order chi connectivity index (χ0) is 14.7. The van der Waals surface area contributed by atoms with Crippen molar-refractivity contribution in [2.24, 2.45) is 11.8 Å². The smallest absolute Gasteiger partial charge is 0.245 e. The summed E-state index contributed by atoms with van der Waals surface area (Å²) < 4.78 is 4.68. The number of aromatic nitrogens is 1. The minimum atomic E-state index is -0.212. The van der Waals surface area contributed by atoms with Crippen molar-refractivity contribution in [1.82, 2.24) is 10.1 Å². The van der Waals surface area contributed by atoms with Gasteiger partial charge in [-0.05, 0) is 31.6 Å². The summed E-state index contributed by atoms with van der Waals surface area (Å²) in [5, 5.41) is 6.30. The van der Waals surface area contributed by atoms with E-state index in [1.165, 1.54) is 19.1 Å². The SMILES string of the molecule is O=C(CN(CC1CC1)C(=O)C1CCCC1)Nc1ccon1. The first kappa shape index (κ1) is 14.1. The molecule has 2 aliphatic carbocycles. The Balaban J connectivity index is 1.58. The van der Waals surface area contributed by atoms with Crippen LogP contribution in [0.25, 0.3) is 0 Å². The zero-order valence-corrected chi connectivity index (χ0v) is 12.1. The minimum absolute atomic E-state index is 0.110. The van der Waals surface area contributed by atoms with Gasteiger partial charge in [-0.15, -0.1) is 0 Å². The van der Waals surface area contributed by atoms with Gasteiger partial charge in [-0.3, -0.25) is 9.59 Å². The highest BCUT2D eigenvalue weighted by Gasteiger charge is 2.32. The molecule has 0 aromatic carbocycles. The first-order valence-electron chi connectivity index (χ1n) is 7.71. The van der Waals surface area contributed by atoms with E-state index in [4.69, 9.17) is 0 Å². The Bertz CT molecular complexity index is 490. The maximum atomic E-state index is 12.6. The predicted molar refractivity (Wildman–Crippen MR) is 76.4 cm³/mol. The molecular weight excluding hydrogens is 270 g/mol. The molecule has 0 aliphatic heterocycles. The lowest BCUT2D eigenvalue weighted by Crippen LogP contribution is -2.42. The fourth-order valence-corrected chi connectivity index (χ4v) is 2.91. The molecule has 2 amide bonds. The molecule has 114 valence electrons. The molecular formula is C15H21N3O3. The Morgan fingerprint density at radius 2 is 2.05 bits per heavy atom. The quantitative estimate of drug-likeness (QED) is 0.870. The fourth-order valence-electron chi connectivity index (χ4n) is 2.91. The van der Waals surface area contributed by atoms with Crippen LogP contribution in [0.15, 0.2) is 16.9 Å². The second-order valence-electron chi connectivity index (χ2n) is 6.08. The highest BCUT2D eigenvalue weighted by Crippen LogP contribution is 2.32. The third kappa shape index (κ3) is 3.83. The maximum absolute atomic E-state index is 12.6. The van der Waals surface area contributed by atoms with Gasteiger partial charge >= 0.3 is 0 Å². The summed E-state index contributed by atoms with van der Waals surface area (Å²) >= 11 is 0. The number of carbonyl (C=O) groups excluding carboxylic acids is 2. The summed E-state index contributed by atoms with van der Waals surface area (Å²) in [6, 6.07) is 1.59. The monoisotopic (exact) mass is 291 g/mol. The van der Waals surface area contributed by atoms with Crippen LogP contribution in [0.2, 0.25) is 0 Å². The predicted octanol–water partition coefficient (Wildman–Crippen LogP) is 2.04. The number of carbonyl (C=O) groups is 2. The summed E-state index contributed by atoms with van der Waals surface area (Å²) in [6.45, 7) is 0.820. The van der Waals surface area contributed by atoms with Gasteiger partial charge in [0.2, 0.25) is 11.8 Å². The Kier molecular flexibility index (Phi) is 4.22. The van der Waals surface area contributed by atoms with Crippen molar-refractivity contribution in [2.45, 2.75) is 38.5 Å². The molecule has 6 nitrogen and oxygen atoms in total. The molecule has 0 saturated heterocycles. The Morgan fingerprint density at radius 1 is 1.29 bits per heavy atom. The molecule has 0 unspecified atom stereocenters. The number of anilines is 1. The highest BCUT2D eigenvalue weighted by molar-refractivity contribution is 5.94. The van der Waals surface area contributed by atoms with Crippen LogP contribution in [0.1, 0.15) is 38.5 Å². The standard InChI is InChI=1S/C15H21N3O3/c19-14(16-13-7-8-21-17-13)10-18(9-11-5-6-11)15(20)12-3-1-2-4-12/h7-8,11-12H,1-6,9-10H2,(H,16,17,19). The Labute approximate surface area is 123 Å². The van der Waals surface area contributed by atoms with Crippen molar-refractivity contribution in [3.05, 3.63) is 12.3 Å². The number of hydrogen-bond acceptors (Lipinski definition) is 4. The van der Waals surface area contributed by atoms with Crippen LogP contribution in [-0.4, -0.2) is 35.0 Å². The summed E-state index contributed by atoms with van der Waals surface area (Å²) in [6.07, 6.45) is 7.91. The van der Waals surface area contributed by atoms with E-state index < -0.39 is 0 Å². The van der Waals surface area contributed by atoms with E-state index in [9.17, 15) is 9.59 Å². The molecule has 1 aromatic heterocycles. The number of amides is 2. The molecule has 0 bridgehead atoms. The van der Waals surface area contributed by atoms with Crippen LogP contribution in [0, 0.1) is 11.8 Å². The lowest BCUT2D eigenvalue weighted by molar-refractivity contribution is -0.138. The molecule has 6 heteroatoms. The Morgan fingerprint density at radius 3 is 2.67 bits per heavy atom. The number of rotatable bonds is 6. The molecule has 1 aromatic rings. The summed E-state index contributed by atoms with van der Waals surface area (Å²) in [5.41, 5.74) is 0. The first-order chi connectivity index (χ1) is 10.2. The van der Waals surface area contributed by atoms with Crippen LogP contribution in [-0.2, 0) is 9.59 Å². The molecule has 21 heavy (non-hydrogen) atoms. The van der Waals surface area contributed by atoms with Gasteiger partial charge in [0.1, 0.15) is 6.26 Å². The molecule has 2 fully saturated rings. The molecule has 1 heterocycles. The second kappa shape index (κ2) is 6.28. The molecule has 2 aliphatic rings. The molecule has 3 rings (SSSR count). The van der Waals surface area contributed by atoms with Gasteiger partial charge in [0, 0.05) is 18.5 Å². The second-order valence-corrected chi connectivity index (χ2v) is 6.08. The third-order valence-electron chi connectivity index (χ3n) is 4.23. The van der Waals surface area contributed by atoms with E-state index in [2.05, 4.69) is 15.0 Å². The van der Waals surface area contributed by atoms with E-state index in [1.54, 1.807) is 11.0 Å². The summed E-state index contributed by atoms with van der Waals surface area (Å²) in [7, 11) is 0. The van der Waals surface area contributed by atoms with Crippen LogP contribution >= 0.6 is 0 Å². The maximum Gasteiger partial charge on any atom is 0.245 e. The van der Waals surface area contributed by atoms with Crippen molar-refractivity contribution >= 4 is 17.6 Å². The van der Waals surface area contributed by atoms with E-state index >= 15 is 0 Å². The van der Waals surface area contributed by atoms with Crippen molar-refractivity contribution in [3.63, 3.8) is 0 Å². The van der Waals surface area contributed by atoms with Crippen LogP contribution in [0.3, 0.4) is 0 Å². The third-order valence-corrected chi connectivity index (χ3v) is 4.23. The topological polar surface area (TPSA) is 75.4 Å². The lowest BCUT2D eigenvalue weighted by Gasteiger charge is -2.25. The summed E-state index contributed by atoms with van der Waals surface area (Å²) in [4.78, 5) is 26.4. The van der Waals surface area contributed by atoms with Crippen molar-refractivity contribution in [1.29, 1.82) is 0 Å². The molecule has 1 N–H and O–H groups in total. The first-order valence-corrected chi connectivity index (χ1v) is 7.71. The van der Waals surface area contributed by atoms with Gasteiger partial charge in [-0.25, -0.2) is 0 Å². The normalized spacial score (nSPS) is 18.7. The Hall–Kier alpha value is -1.85.